The lowest BCUT2D eigenvalue weighted by molar-refractivity contribution is 0.0706. The number of nitrogens with zero attached hydrogens (tertiary/aromatic N) is 2. The first-order chi connectivity index (χ1) is 11.6. The number of rotatable bonds is 6. The number of hydroxylamine groups is 1. The van der Waals surface area contributed by atoms with E-state index in [4.69, 9.17) is 10.2 Å². The molecule has 24 heavy (non-hydrogen) atoms. The number of amides is 1. The minimum Gasteiger partial charge on any atom is -0.298 e. The van der Waals surface area contributed by atoms with Gasteiger partial charge in [0.15, 0.2) is 0 Å². The molecular formula is C18H21N3O2S. The van der Waals surface area contributed by atoms with Crippen molar-refractivity contribution in [1.29, 1.82) is 0 Å². The Kier molecular flexibility index (Phi) is 3.90. The van der Waals surface area contributed by atoms with E-state index in [2.05, 4.69) is 17.3 Å². The van der Waals surface area contributed by atoms with Gasteiger partial charge in [0.05, 0.1) is 5.69 Å². The van der Waals surface area contributed by atoms with Gasteiger partial charge in [-0.2, -0.15) is 0 Å². The first-order valence-corrected chi connectivity index (χ1v) is 9.20. The Labute approximate surface area is 145 Å². The van der Waals surface area contributed by atoms with Gasteiger partial charge < -0.3 is 0 Å². The fraction of sp³-hybridized carbons (Fsp3) is 0.444. The third-order valence-electron chi connectivity index (χ3n) is 5.09. The van der Waals surface area contributed by atoms with Gasteiger partial charge in [-0.05, 0) is 50.4 Å². The third-order valence-corrected chi connectivity index (χ3v) is 6.19. The molecule has 1 amide bonds. The van der Waals surface area contributed by atoms with Crippen LogP contribution < -0.4 is 5.48 Å². The van der Waals surface area contributed by atoms with Gasteiger partial charge in [0.1, 0.15) is 5.01 Å². The van der Waals surface area contributed by atoms with E-state index in [9.17, 15) is 4.79 Å². The van der Waals surface area contributed by atoms with Crippen LogP contribution in [0.25, 0.3) is 0 Å². The molecule has 2 aromatic rings. The quantitative estimate of drug-likeness (QED) is 0.625. The predicted octanol–water partition coefficient (Wildman–Crippen LogP) is 2.94. The summed E-state index contributed by atoms with van der Waals surface area (Å²) in [6.45, 7) is 0.923. The van der Waals surface area contributed by atoms with E-state index in [0.717, 1.165) is 31.1 Å². The van der Waals surface area contributed by atoms with Crippen LogP contribution >= 0.6 is 11.3 Å². The van der Waals surface area contributed by atoms with Crippen LogP contribution in [0.4, 0.5) is 0 Å². The van der Waals surface area contributed by atoms with E-state index < -0.39 is 5.91 Å². The number of nitrogens with one attached hydrogen (secondary N) is 1. The van der Waals surface area contributed by atoms with Crippen molar-refractivity contribution in [3.8, 4) is 0 Å². The summed E-state index contributed by atoms with van der Waals surface area (Å²) >= 11 is 1.75. The normalized spacial score (nSPS) is 18.6. The topological polar surface area (TPSA) is 65.5 Å². The Morgan fingerprint density at radius 2 is 2.08 bits per heavy atom. The lowest BCUT2D eigenvalue weighted by Crippen LogP contribution is -2.20. The van der Waals surface area contributed by atoms with Crippen LogP contribution in [-0.4, -0.2) is 34.1 Å². The van der Waals surface area contributed by atoms with Crippen LogP contribution in [0.1, 0.15) is 52.3 Å². The molecule has 0 radical (unpaired) electrons. The molecule has 2 aliphatic rings. The standard InChI is InChI=1S/C18H21N3O2S/c1-21(15-6-7-15)10-14-11-24-17(19-14)18(8-9-18)13-4-2-12(3-5-13)16(22)20-23/h2-5,11,15,23H,6-10H2,1H3,(H,20,22). The summed E-state index contributed by atoms with van der Waals surface area (Å²) in [5.74, 6) is -0.481. The number of aromatic nitrogens is 1. The van der Waals surface area contributed by atoms with Crippen molar-refractivity contribution >= 4 is 17.2 Å². The molecule has 0 atom stereocenters. The Hall–Kier alpha value is -1.76. The Morgan fingerprint density at radius 3 is 2.67 bits per heavy atom. The SMILES string of the molecule is CN(Cc1csc(C2(c3ccc(C(=O)NO)cc3)CC2)n1)C1CC1. The van der Waals surface area contributed by atoms with Gasteiger partial charge in [-0.15, -0.1) is 11.3 Å². The molecule has 6 heteroatoms. The summed E-state index contributed by atoms with van der Waals surface area (Å²) in [5, 5.41) is 12.1. The molecule has 2 N–H and O–H groups in total. The number of hydrogen-bond donors (Lipinski definition) is 2. The van der Waals surface area contributed by atoms with Crippen molar-refractivity contribution in [1.82, 2.24) is 15.4 Å². The number of carbonyl (C=O) groups excluding carboxylic acids is 1. The molecule has 2 aliphatic carbocycles. The minimum absolute atomic E-state index is 0.0231. The van der Waals surface area contributed by atoms with E-state index in [0.29, 0.717) is 5.56 Å². The van der Waals surface area contributed by atoms with Crippen LogP contribution in [0, 0.1) is 0 Å². The van der Waals surface area contributed by atoms with Crippen LogP contribution in [0.15, 0.2) is 29.6 Å². The van der Waals surface area contributed by atoms with Crippen molar-refractivity contribution in [2.75, 3.05) is 7.05 Å². The third kappa shape index (κ3) is 2.85. The first-order valence-electron chi connectivity index (χ1n) is 8.32. The largest absolute Gasteiger partial charge is 0.298 e. The summed E-state index contributed by atoms with van der Waals surface area (Å²) in [6.07, 6.45) is 4.82. The molecule has 4 rings (SSSR count). The Bertz CT molecular complexity index is 748. The van der Waals surface area contributed by atoms with Gasteiger partial charge in [-0.3, -0.25) is 14.9 Å². The van der Waals surface area contributed by atoms with Crippen LogP contribution in [0.5, 0.6) is 0 Å². The summed E-state index contributed by atoms with van der Waals surface area (Å²) in [7, 11) is 2.18. The molecule has 2 fully saturated rings. The second-order valence-electron chi connectivity index (χ2n) is 6.89. The molecule has 0 spiro atoms. The minimum atomic E-state index is -0.481. The van der Waals surface area contributed by atoms with E-state index in [1.54, 1.807) is 28.9 Å². The van der Waals surface area contributed by atoms with Crippen molar-refractivity contribution in [3.63, 3.8) is 0 Å². The fourth-order valence-corrected chi connectivity index (χ4v) is 4.35. The number of carbonyl (C=O) groups is 1. The zero-order valence-electron chi connectivity index (χ0n) is 13.7. The van der Waals surface area contributed by atoms with E-state index >= 15 is 0 Å². The average Bonchev–Trinajstić information content (AvgIpc) is 3.53. The summed E-state index contributed by atoms with van der Waals surface area (Å²) in [5.41, 5.74) is 4.51. The molecule has 1 aromatic carbocycles. The van der Waals surface area contributed by atoms with E-state index in [1.807, 2.05) is 12.1 Å². The second-order valence-corrected chi connectivity index (χ2v) is 7.75. The van der Waals surface area contributed by atoms with Gasteiger partial charge >= 0.3 is 0 Å². The summed E-state index contributed by atoms with van der Waals surface area (Å²) < 4.78 is 0. The zero-order valence-corrected chi connectivity index (χ0v) is 14.5. The molecule has 0 saturated heterocycles. The van der Waals surface area contributed by atoms with Gasteiger partial charge in [0.25, 0.3) is 5.91 Å². The van der Waals surface area contributed by atoms with Crippen molar-refractivity contribution in [2.45, 2.75) is 43.7 Å². The average molecular weight is 343 g/mol. The summed E-state index contributed by atoms with van der Waals surface area (Å²) in [4.78, 5) is 18.7. The van der Waals surface area contributed by atoms with Crippen LogP contribution in [-0.2, 0) is 12.0 Å². The molecule has 0 unspecified atom stereocenters. The second kappa shape index (κ2) is 5.95. The first kappa shape index (κ1) is 15.7. The van der Waals surface area contributed by atoms with Gasteiger partial charge in [-0.25, -0.2) is 10.5 Å². The Balaban J connectivity index is 1.52. The fourth-order valence-electron chi connectivity index (χ4n) is 3.26. The lowest BCUT2D eigenvalue weighted by Gasteiger charge is -2.15. The molecule has 1 heterocycles. The van der Waals surface area contributed by atoms with Crippen molar-refractivity contribution in [3.05, 3.63) is 51.5 Å². The highest BCUT2D eigenvalue weighted by molar-refractivity contribution is 7.09. The van der Waals surface area contributed by atoms with Crippen LogP contribution in [0.3, 0.4) is 0 Å². The smallest absolute Gasteiger partial charge is 0.274 e. The zero-order chi connectivity index (χ0) is 16.7. The van der Waals surface area contributed by atoms with E-state index in [-0.39, 0.29) is 5.41 Å². The maximum Gasteiger partial charge on any atom is 0.274 e. The predicted molar refractivity (Wildman–Crippen MR) is 92.3 cm³/mol. The maximum atomic E-state index is 11.5. The number of thiazole rings is 1. The monoisotopic (exact) mass is 343 g/mol. The number of benzene rings is 1. The molecule has 126 valence electrons. The highest BCUT2D eigenvalue weighted by atomic mass is 32.1. The Morgan fingerprint density at radius 1 is 1.38 bits per heavy atom. The highest BCUT2D eigenvalue weighted by Gasteiger charge is 2.48. The molecular weight excluding hydrogens is 322 g/mol. The van der Waals surface area contributed by atoms with Gasteiger partial charge in [-0.1, -0.05) is 12.1 Å². The van der Waals surface area contributed by atoms with Gasteiger partial charge in [0.2, 0.25) is 0 Å². The molecule has 0 bridgehead atoms. The van der Waals surface area contributed by atoms with Crippen molar-refractivity contribution < 1.29 is 10.0 Å². The van der Waals surface area contributed by atoms with Gasteiger partial charge in [0, 0.05) is 28.9 Å². The van der Waals surface area contributed by atoms with Crippen LogP contribution in [0.2, 0.25) is 0 Å². The molecule has 0 aliphatic heterocycles. The molecule has 5 nitrogen and oxygen atoms in total. The maximum absolute atomic E-state index is 11.5. The summed E-state index contributed by atoms with van der Waals surface area (Å²) in [6, 6.07) is 8.23. The van der Waals surface area contributed by atoms with Crippen molar-refractivity contribution in [2.24, 2.45) is 0 Å². The highest BCUT2D eigenvalue weighted by Crippen LogP contribution is 2.54. The molecule has 2 saturated carbocycles. The molecule has 1 aromatic heterocycles. The lowest BCUT2D eigenvalue weighted by atomic mass is 9.95. The number of hydrogen-bond acceptors (Lipinski definition) is 5. The van der Waals surface area contributed by atoms with E-state index in [1.165, 1.54) is 23.4 Å².